The Morgan fingerprint density at radius 2 is 1.82 bits per heavy atom. The van der Waals surface area contributed by atoms with Crippen LogP contribution in [0.1, 0.15) is 10.6 Å². The van der Waals surface area contributed by atoms with Crippen LogP contribution in [-0.4, -0.2) is 23.1 Å². The van der Waals surface area contributed by atoms with Gasteiger partial charge in [-0.3, -0.25) is 20.2 Å². The average Bonchev–Trinajstić information content (AvgIpc) is 3.18. The fourth-order valence-electron chi connectivity index (χ4n) is 2.51. The molecule has 0 aliphatic heterocycles. The van der Waals surface area contributed by atoms with Crippen LogP contribution >= 0.6 is 12.2 Å². The van der Waals surface area contributed by atoms with Gasteiger partial charge in [-0.2, -0.15) is 0 Å². The molecule has 0 saturated heterocycles. The van der Waals surface area contributed by atoms with Crippen LogP contribution in [0.5, 0.6) is 5.75 Å². The molecule has 2 aromatic carbocycles. The van der Waals surface area contributed by atoms with Gasteiger partial charge in [-0.1, -0.05) is 24.3 Å². The van der Waals surface area contributed by atoms with Crippen molar-refractivity contribution in [2.75, 3.05) is 12.4 Å². The second-order valence-electron chi connectivity index (χ2n) is 5.55. The lowest BCUT2D eigenvalue weighted by Crippen LogP contribution is -2.34. The molecular formula is C19H15N3O5S. The number of nitro groups is 1. The third kappa shape index (κ3) is 4.15. The van der Waals surface area contributed by atoms with Crippen molar-refractivity contribution >= 4 is 34.6 Å². The molecule has 1 heterocycles. The molecule has 0 aliphatic carbocycles. The number of nitrogens with one attached hydrogen (secondary N) is 2. The fraction of sp³-hybridized carbons (Fsp3) is 0.0526. The van der Waals surface area contributed by atoms with E-state index in [0.29, 0.717) is 11.4 Å². The summed E-state index contributed by atoms with van der Waals surface area (Å²) in [6, 6.07) is 16.1. The maximum Gasteiger partial charge on any atom is 0.293 e. The molecule has 2 N–H and O–H groups in total. The average molecular weight is 397 g/mol. The molecule has 3 aromatic rings. The van der Waals surface area contributed by atoms with Gasteiger partial charge in [0.1, 0.15) is 11.5 Å². The number of furan rings is 1. The van der Waals surface area contributed by atoms with Crippen LogP contribution in [0.2, 0.25) is 0 Å². The molecule has 0 radical (unpaired) electrons. The lowest BCUT2D eigenvalue weighted by molar-refractivity contribution is -0.384. The van der Waals surface area contributed by atoms with Gasteiger partial charge in [0.15, 0.2) is 10.9 Å². The summed E-state index contributed by atoms with van der Waals surface area (Å²) >= 11 is 5.15. The van der Waals surface area contributed by atoms with Crippen molar-refractivity contribution in [3.05, 3.63) is 76.5 Å². The fourth-order valence-corrected chi connectivity index (χ4v) is 2.71. The van der Waals surface area contributed by atoms with Gasteiger partial charge in [-0.15, -0.1) is 0 Å². The normalized spacial score (nSPS) is 10.2. The second-order valence-corrected chi connectivity index (χ2v) is 5.95. The molecule has 0 spiro atoms. The van der Waals surface area contributed by atoms with Gasteiger partial charge in [0.2, 0.25) is 0 Å². The first-order valence-electron chi connectivity index (χ1n) is 8.08. The standard InChI is InChI=1S/C19H15N3O5S/c1-26-16-9-5-3-7-13(16)20-19(28)21-18(23)17-11-10-15(27-17)12-6-2-4-8-14(12)22(24)25/h2-11H,1H3,(H2,20,21,23,28). The molecule has 1 amide bonds. The first kappa shape index (κ1) is 19.1. The highest BCUT2D eigenvalue weighted by molar-refractivity contribution is 7.80. The van der Waals surface area contributed by atoms with Crippen LogP contribution in [0, 0.1) is 10.1 Å². The molecule has 0 bridgehead atoms. The Labute approximate surface area is 165 Å². The van der Waals surface area contributed by atoms with Crippen molar-refractivity contribution in [1.82, 2.24) is 5.32 Å². The second kappa shape index (κ2) is 8.31. The van der Waals surface area contributed by atoms with E-state index in [2.05, 4.69) is 10.6 Å². The van der Waals surface area contributed by atoms with Gasteiger partial charge in [0.05, 0.1) is 23.3 Å². The molecular weight excluding hydrogens is 382 g/mol. The zero-order valence-corrected chi connectivity index (χ0v) is 15.5. The smallest absolute Gasteiger partial charge is 0.293 e. The maximum atomic E-state index is 12.4. The molecule has 9 heteroatoms. The van der Waals surface area contributed by atoms with Gasteiger partial charge in [-0.05, 0) is 42.5 Å². The molecule has 3 rings (SSSR count). The maximum absolute atomic E-state index is 12.4. The van der Waals surface area contributed by atoms with Crippen LogP contribution in [0.25, 0.3) is 11.3 Å². The van der Waals surface area contributed by atoms with Gasteiger partial charge in [-0.25, -0.2) is 0 Å². The number of benzene rings is 2. The highest BCUT2D eigenvalue weighted by Crippen LogP contribution is 2.30. The number of carbonyl (C=O) groups excluding carboxylic acids is 1. The number of anilines is 1. The Bertz CT molecular complexity index is 1050. The summed E-state index contributed by atoms with van der Waals surface area (Å²) in [6.45, 7) is 0. The Morgan fingerprint density at radius 3 is 2.57 bits per heavy atom. The van der Waals surface area contributed by atoms with Gasteiger partial charge in [0.25, 0.3) is 11.6 Å². The highest BCUT2D eigenvalue weighted by Gasteiger charge is 2.19. The number of carbonyl (C=O) groups is 1. The number of rotatable bonds is 5. The van der Waals surface area contributed by atoms with E-state index in [9.17, 15) is 14.9 Å². The lowest BCUT2D eigenvalue weighted by atomic mass is 10.1. The SMILES string of the molecule is COc1ccccc1NC(=S)NC(=O)c1ccc(-c2ccccc2[N+](=O)[O-])o1. The van der Waals surface area contributed by atoms with Gasteiger partial charge in [0, 0.05) is 6.07 Å². The summed E-state index contributed by atoms with van der Waals surface area (Å²) in [5, 5.41) is 16.6. The van der Waals surface area contributed by atoms with Gasteiger partial charge >= 0.3 is 0 Å². The topological polar surface area (TPSA) is 107 Å². The summed E-state index contributed by atoms with van der Waals surface area (Å²) in [5.74, 6) is 0.159. The zero-order valence-electron chi connectivity index (χ0n) is 14.7. The van der Waals surface area contributed by atoms with E-state index >= 15 is 0 Å². The van der Waals surface area contributed by atoms with Crippen LogP contribution < -0.4 is 15.4 Å². The Kier molecular flexibility index (Phi) is 5.66. The van der Waals surface area contributed by atoms with E-state index in [0.717, 1.165) is 0 Å². The summed E-state index contributed by atoms with van der Waals surface area (Å²) in [5.41, 5.74) is 0.758. The molecule has 8 nitrogen and oxygen atoms in total. The Morgan fingerprint density at radius 1 is 1.11 bits per heavy atom. The summed E-state index contributed by atoms with van der Waals surface area (Å²) in [4.78, 5) is 23.0. The van der Waals surface area contributed by atoms with E-state index < -0.39 is 10.8 Å². The van der Waals surface area contributed by atoms with Gasteiger partial charge < -0.3 is 14.5 Å². The summed E-state index contributed by atoms with van der Waals surface area (Å²) in [6.07, 6.45) is 0. The zero-order chi connectivity index (χ0) is 20.1. The van der Waals surface area contributed by atoms with Crippen molar-refractivity contribution in [1.29, 1.82) is 0 Å². The third-order valence-corrected chi connectivity index (χ3v) is 3.98. The molecule has 0 unspecified atom stereocenters. The van der Waals surface area contributed by atoms with Crippen molar-refractivity contribution in [2.45, 2.75) is 0 Å². The number of ether oxygens (including phenoxy) is 1. The van der Waals surface area contributed by atoms with E-state index in [1.807, 2.05) is 0 Å². The molecule has 0 fully saturated rings. The lowest BCUT2D eigenvalue weighted by Gasteiger charge is -2.11. The molecule has 0 atom stereocenters. The van der Waals surface area contributed by atoms with Crippen LogP contribution in [-0.2, 0) is 0 Å². The summed E-state index contributed by atoms with van der Waals surface area (Å²) < 4.78 is 10.7. The van der Waals surface area contributed by atoms with E-state index in [-0.39, 0.29) is 27.9 Å². The monoisotopic (exact) mass is 397 g/mol. The molecule has 1 aromatic heterocycles. The molecule has 142 valence electrons. The molecule has 0 aliphatic rings. The Balaban J connectivity index is 1.73. The molecule has 28 heavy (non-hydrogen) atoms. The van der Waals surface area contributed by atoms with Crippen molar-refractivity contribution in [2.24, 2.45) is 0 Å². The van der Waals surface area contributed by atoms with E-state index in [4.69, 9.17) is 21.4 Å². The highest BCUT2D eigenvalue weighted by atomic mass is 32.1. The first-order valence-corrected chi connectivity index (χ1v) is 8.49. The number of para-hydroxylation sites is 3. The van der Waals surface area contributed by atoms with Crippen LogP contribution in [0.3, 0.4) is 0 Å². The van der Waals surface area contributed by atoms with Crippen molar-refractivity contribution in [3.8, 4) is 17.1 Å². The minimum Gasteiger partial charge on any atom is -0.495 e. The number of methoxy groups -OCH3 is 1. The van der Waals surface area contributed by atoms with E-state index in [1.54, 1.807) is 42.5 Å². The number of hydrogen-bond donors (Lipinski definition) is 2. The number of nitrogens with zero attached hydrogens (tertiary/aromatic N) is 1. The predicted octanol–water partition coefficient (Wildman–Crippen LogP) is 3.99. The third-order valence-electron chi connectivity index (χ3n) is 3.78. The van der Waals surface area contributed by atoms with Crippen LogP contribution in [0.4, 0.5) is 11.4 Å². The minimum atomic E-state index is -0.586. The van der Waals surface area contributed by atoms with Crippen molar-refractivity contribution in [3.63, 3.8) is 0 Å². The number of thiocarbonyl (C=S) groups is 1. The Hall–Kier alpha value is -3.72. The number of hydrogen-bond acceptors (Lipinski definition) is 6. The van der Waals surface area contributed by atoms with Crippen molar-refractivity contribution < 1.29 is 18.9 Å². The minimum absolute atomic E-state index is 0.0303. The largest absolute Gasteiger partial charge is 0.495 e. The number of amides is 1. The first-order chi connectivity index (χ1) is 13.5. The van der Waals surface area contributed by atoms with Crippen LogP contribution in [0.15, 0.2) is 65.1 Å². The molecule has 0 saturated carbocycles. The summed E-state index contributed by atoms with van der Waals surface area (Å²) in [7, 11) is 1.52. The number of nitro benzene ring substituents is 1. The van der Waals surface area contributed by atoms with E-state index in [1.165, 1.54) is 25.3 Å². The predicted molar refractivity (Wildman–Crippen MR) is 107 cm³/mol. The quantitative estimate of drug-likeness (QED) is 0.381.